The molecule has 1 aromatic heterocycles. The van der Waals surface area contributed by atoms with E-state index in [9.17, 15) is 58.5 Å². The van der Waals surface area contributed by atoms with E-state index >= 15 is 0 Å². The molecule has 0 radical (unpaired) electrons. The zero-order valence-corrected chi connectivity index (χ0v) is 34.0. The Morgan fingerprint density at radius 1 is 0.617 bits per heavy atom. The maximum Gasteiger partial charge on any atom is 0.326 e. The predicted octanol–water partition coefficient (Wildman–Crippen LogP) is -3.75. The number of aliphatic hydroxyl groups is 2. The summed E-state index contributed by atoms with van der Waals surface area (Å²) in [4.78, 5) is 117. The Morgan fingerprint density at radius 2 is 1.05 bits per heavy atom. The first-order chi connectivity index (χ1) is 28.2. The van der Waals surface area contributed by atoms with E-state index in [2.05, 4.69) is 36.9 Å². The largest absolute Gasteiger partial charge is 0.480 e. The van der Waals surface area contributed by atoms with Crippen molar-refractivity contribution in [2.75, 3.05) is 13.2 Å². The van der Waals surface area contributed by atoms with E-state index in [-0.39, 0.29) is 43.9 Å². The molecule has 0 spiro atoms. The summed E-state index contributed by atoms with van der Waals surface area (Å²) in [5.41, 5.74) is 17.4. The van der Waals surface area contributed by atoms with Gasteiger partial charge in [-0.2, -0.15) is 0 Å². The van der Waals surface area contributed by atoms with Gasteiger partial charge in [0.25, 0.3) is 0 Å². The SMILES string of the molecule is CC(C)C[C@H](NC(=O)[C@H](CC(C)C)NC(=O)[C@H](CO)NC(=O)[C@H](CO)NC(=O)[C@H](Cc1c[nH]c2ccccc12)NC(=O)[C@@H](N)CC(N)=O)C(=O)N[C@@H](CCC(N)=O)C(=O)O. The third kappa shape index (κ3) is 16.3. The molecule has 8 amide bonds. The van der Waals surface area contributed by atoms with Gasteiger partial charge in [-0.25, -0.2) is 4.79 Å². The zero-order valence-electron chi connectivity index (χ0n) is 34.0. The van der Waals surface area contributed by atoms with Crippen LogP contribution in [0.2, 0.25) is 0 Å². The van der Waals surface area contributed by atoms with Gasteiger partial charge in [0.1, 0.15) is 36.3 Å². The van der Waals surface area contributed by atoms with Gasteiger partial charge >= 0.3 is 5.97 Å². The lowest BCUT2D eigenvalue weighted by atomic mass is 9.99. The fourth-order valence-electron chi connectivity index (χ4n) is 6.02. The number of aliphatic hydroxyl groups excluding tert-OH is 2. The van der Waals surface area contributed by atoms with Crippen molar-refractivity contribution >= 4 is 64.1 Å². The van der Waals surface area contributed by atoms with Gasteiger partial charge < -0.3 is 69.4 Å². The molecule has 0 saturated carbocycles. The molecule has 1 aromatic carbocycles. The van der Waals surface area contributed by atoms with E-state index in [1.807, 2.05) is 0 Å². The second kappa shape index (κ2) is 24.1. The number of aromatic nitrogens is 1. The van der Waals surface area contributed by atoms with Gasteiger partial charge in [-0.15, -0.1) is 0 Å². The predicted molar refractivity (Wildman–Crippen MR) is 215 cm³/mol. The van der Waals surface area contributed by atoms with Crippen LogP contribution in [0.4, 0.5) is 0 Å². The number of fused-ring (bicyclic) bond motifs is 1. The molecule has 0 aliphatic heterocycles. The first kappa shape index (κ1) is 50.0. The average molecular weight is 847 g/mol. The number of rotatable bonds is 26. The molecule has 0 aliphatic carbocycles. The van der Waals surface area contributed by atoms with Gasteiger partial charge in [-0.3, -0.25) is 38.4 Å². The number of nitrogens with two attached hydrogens (primary N) is 3. The maximum absolute atomic E-state index is 13.6. The minimum absolute atomic E-state index is 0.0119. The van der Waals surface area contributed by atoms with Crippen LogP contribution < -0.4 is 49.1 Å². The molecule has 0 aliphatic rings. The van der Waals surface area contributed by atoms with Gasteiger partial charge in [0.2, 0.25) is 47.3 Å². The second-order valence-corrected chi connectivity index (χ2v) is 15.2. The highest BCUT2D eigenvalue weighted by molar-refractivity contribution is 5.98. The van der Waals surface area contributed by atoms with Crippen LogP contribution in [-0.2, 0) is 49.6 Å². The first-order valence-electron chi connectivity index (χ1n) is 19.3. The number of nitrogens with one attached hydrogen (secondary N) is 7. The highest BCUT2D eigenvalue weighted by Crippen LogP contribution is 2.19. The Kier molecular flexibility index (Phi) is 20.1. The third-order valence-electron chi connectivity index (χ3n) is 9.10. The number of carboxylic acid groups (broad SMARTS) is 1. The first-order valence-corrected chi connectivity index (χ1v) is 19.3. The Bertz CT molecular complexity index is 1850. The summed E-state index contributed by atoms with van der Waals surface area (Å²) in [5, 5.41) is 44.8. The molecule has 7 atom stereocenters. The van der Waals surface area contributed by atoms with E-state index in [0.717, 1.165) is 5.52 Å². The van der Waals surface area contributed by atoms with Crippen molar-refractivity contribution in [3.63, 3.8) is 0 Å². The lowest BCUT2D eigenvalue weighted by Gasteiger charge is -2.27. The Morgan fingerprint density at radius 3 is 1.50 bits per heavy atom. The topological polar surface area (TPSA) is 380 Å². The average Bonchev–Trinajstić information content (AvgIpc) is 3.57. The normalized spacial score (nSPS) is 14.8. The highest BCUT2D eigenvalue weighted by atomic mass is 16.4. The van der Waals surface area contributed by atoms with E-state index in [1.165, 1.54) is 0 Å². The number of benzene rings is 1. The molecule has 0 bridgehead atoms. The summed E-state index contributed by atoms with van der Waals surface area (Å²) in [6, 6.07) is -3.28. The molecule has 0 fully saturated rings. The molecule has 16 N–H and O–H groups in total. The zero-order chi connectivity index (χ0) is 45.3. The van der Waals surface area contributed by atoms with Crippen molar-refractivity contribution in [3.05, 3.63) is 36.0 Å². The standard InChI is InChI=1S/C38H58N10O12/c1-18(2)11-25(33(54)43-24(38(59)60)9-10-30(40)51)45-34(55)26(12-19(3)4)46-36(57)28(16-49)48-37(58)29(17-50)47-35(56)27(44-32(53)22(39)14-31(41)52)13-20-15-42-23-8-6-5-7-21(20)23/h5-8,15,18-19,22,24-29,42,49-50H,9-14,16-17,39H2,1-4H3,(H2,40,51)(H2,41,52)(H,43,54)(H,44,53)(H,45,55)(H,46,57)(H,47,56)(H,48,58)(H,59,60)/t22-,24-,25-,26-,27-,28-,29-/m0/s1. The number of carbonyl (C=O) groups excluding carboxylic acids is 8. The molecule has 2 rings (SSSR count). The summed E-state index contributed by atoms with van der Waals surface area (Å²) in [6.07, 6.45) is 0.386. The van der Waals surface area contributed by atoms with Crippen LogP contribution in [0.15, 0.2) is 30.5 Å². The van der Waals surface area contributed by atoms with Gasteiger partial charge in [0, 0.05) is 29.9 Å². The van der Waals surface area contributed by atoms with Crippen molar-refractivity contribution in [1.29, 1.82) is 0 Å². The number of carboxylic acids is 1. The van der Waals surface area contributed by atoms with Crippen LogP contribution in [0.3, 0.4) is 0 Å². The Labute approximate surface area is 345 Å². The Hall–Kier alpha value is -6.13. The molecule has 1 heterocycles. The summed E-state index contributed by atoms with van der Waals surface area (Å²) in [7, 11) is 0. The fraction of sp³-hybridized carbons (Fsp3) is 0.553. The fourth-order valence-corrected chi connectivity index (χ4v) is 6.02. The van der Waals surface area contributed by atoms with Gasteiger partial charge in [0.05, 0.1) is 25.7 Å². The summed E-state index contributed by atoms with van der Waals surface area (Å²) >= 11 is 0. The highest BCUT2D eigenvalue weighted by Gasteiger charge is 2.34. The Balaban J connectivity index is 2.24. The van der Waals surface area contributed by atoms with Crippen LogP contribution in [0.1, 0.15) is 65.4 Å². The number of aromatic amines is 1. The minimum Gasteiger partial charge on any atom is -0.480 e. The summed E-state index contributed by atoms with van der Waals surface area (Å²) in [5.74, 6) is -9.23. The van der Waals surface area contributed by atoms with Crippen molar-refractivity contribution in [1.82, 2.24) is 36.9 Å². The number of primary amides is 2. The third-order valence-corrected chi connectivity index (χ3v) is 9.10. The lowest BCUT2D eigenvalue weighted by Crippen LogP contribution is -2.61. The van der Waals surface area contributed by atoms with Gasteiger partial charge in [-0.05, 0) is 42.7 Å². The van der Waals surface area contributed by atoms with Crippen molar-refractivity contribution in [2.24, 2.45) is 29.0 Å². The van der Waals surface area contributed by atoms with Crippen molar-refractivity contribution in [3.8, 4) is 0 Å². The van der Waals surface area contributed by atoms with Crippen LogP contribution >= 0.6 is 0 Å². The molecule has 22 heteroatoms. The van der Waals surface area contributed by atoms with Crippen molar-refractivity contribution < 1.29 is 58.5 Å². The number of hydrogen-bond donors (Lipinski definition) is 13. The van der Waals surface area contributed by atoms with Gasteiger partial charge in [-0.1, -0.05) is 45.9 Å². The van der Waals surface area contributed by atoms with Crippen LogP contribution in [0, 0.1) is 11.8 Å². The van der Waals surface area contributed by atoms with E-state index in [1.54, 1.807) is 58.2 Å². The number of aliphatic carboxylic acids is 1. The van der Waals surface area contributed by atoms with Crippen LogP contribution in [0.5, 0.6) is 0 Å². The smallest absolute Gasteiger partial charge is 0.326 e. The number of H-pyrrole nitrogens is 1. The molecular formula is C38H58N10O12. The number of carbonyl (C=O) groups is 9. The number of para-hydroxylation sites is 1. The van der Waals surface area contributed by atoms with Gasteiger partial charge in [0.15, 0.2) is 0 Å². The molecule has 0 unspecified atom stereocenters. The monoisotopic (exact) mass is 846 g/mol. The summed E-state index contributed by atoms with van der Waals surface area (Å²) in [6.45, 7) is 4.97. The minimum atomic E-state index is -1.73. The van der Waals surface area contributed by atoms with Crippen LogP contribution in [-0.4, -0.2) is 129 Å². The molecule has 60 heavy (non-hydrogen) atoms. The molecule has 0 saturated heterocycles. The second-order valence-electron chi connectivity index (χ2n) is 15.2. The number of hydrogen-bond acceptors (Lipinski definition) is 12. The quantitative estimate of drug-likeness (QED) is 0.0433. The van der Waals surface area contributed by atoms with Crippen LogP contribution in [0.25, 0.3) is 10.9 Å². The van der Waals surface area contributed by atoms with E-state index in [4.69, 9.17) is 17.2 Å². The maximum atomic E-state index is 13.6. The molecule has 2 aromatic rings. The molecule has 22 nitrogen and oxygen atoms in total. The number of amides is 8. The molecule has 332 valence electrons. The summed E-state index contributed by atoms with van der Waals surface area (Å²) < 4.78 is 0. The van der Waals surface area contributed by atoms with Crippen molar-refractivity contribution in [2.45, 2.75) is 109 Å². The van der Waals surface area contributed by atoms with E-state index in [0.29, 0.717) is 10.9 Å². The van der Waals surface area contributed by atoms with E-state index < -0.39 is 115 Å². The lowest BCUT2D eigenvalue weighted by molar-refractivity contribution is -0.142. The molecular weight excluding hydrogens is 788 g/mol.